The summed E-state index contributed by atoms with van der Waals surface area (Å²) in [6.07, 6.45) is 0. The van der Waals surface area contributed by atoms with Crippen LogP contribution in [-0.4, -0.2) is 20.0 Å². The highest BCUT2D eigenvalue weighted by molar-refractivity contribution is 8.13. The maximum atomic E-state index is 10.6. The molecule has 0 aliphatic rings. The first-order chi connectivity index (χ1) is 6.02. The van der Waals surface area contributed by atoms with Crippen molar-refractivity contribution in [2.24, 2.45) is 0 Å². The molecule has 1 aromatic carbocycles. The van der Waals surface area contributed by atoms with Crippen LogP contribution < -0.4 is 0 Å². The molecule has 0 amide bonds. The Morgan fingerprint density at radius 1 is 1.23 bits per heavy atom. The van der Waals surface area contributed by atoms with E-state index in [4.69, 9.17) is 20.6 Å². The summed E-state index contributed by atoms with van der Waals surface area (Å²) in [7, 11) is 1.50. The lowest BCUT2D eigenvalue weighted by Gasteiger charge is -1.91. The summed E-state index contributed by atoms with van der Waals surface area (Å²) in [5, 5.41) is 6.89. The van der Waals surface area contributed by atoms with Crippen molar-refractivity contribution in [3.05, 3.63) is 30.3 Å². The zero-order valence-electron chi connectivity index (χ0n) is 6.42. The molecule has 0 radical (unpaired) electrons. The Bertz CT molecular complexity index is 346. The van der Waals surface area contributed by atoms with E-state index >= 15 is 0 Å². The molecule has 0 unspecified atom stereocenters. The Morgan fingerprint density at radius 3 is 1.85 bits per heavy atom. The van der Waals surface area contributed by atoms with Gasteiger partial charge in [-0.3, -0.25) is 4.79 Å². The molecule has 0 fully saturated rings. The molecule has 0 aliphatic heterocycles. The molecule has 0 saturated carbocycles. The fourth-order valence-corrected chi connectivity index (χ4v) is 1.37. The second-order valence-electron chi connectivity index (χ2n) is 1.86. The Hall–Kier alpha value is -1.07. The molecule has 0 heterocycles. The van der Waals surface area contributed by atoms with Crippen LogP contribution in [0.4, 0.5) is 0 Å². The van der Waals surface area contributed by atoms with Crippen LogP contribution in [0, 0.1) is 0 Å². The number of carbonyl (C=O) groups is 1. The van der Waals surface area contributed by atoms with Gasteiger partial charge in [-0.1, -0.05) is 18.2 Å². The van der Waals surface area contributed by atoms with E-state index in [2.05, 4.69) is 0 Å². The highest BCUT2D eigenvalue weighted by atomic mass is 35.7. The molecular formula is C7H7ClO4S. The monoisotopic (exact) mass is 222 g/mol. The van der Waals surface area contributed by atoms with Crippen LogP contribution >= 0.6 is 10.7 Å². The SMILES string of the molecule is O=CO.O=S(=O)(Cl)c1ccccc1. The van der Waals surface area contributed by atoms with Crippen molar-refractivity contribution in [3.8, 4) is 0 Å². The molecule has 6 heteroatoms. The van der Waals surface area contributed by atoms with E-state index < -0.39 is 9.05 Å². The van der Waals surface area contributed by atoms with Gasteiger partial charge in [-0.2, -0.15) is 0 Å². The normalized spacial score (nSPS) is 9.62. The Kier molecular flexibility index (Phi) is 5.10. The van der Waals surface area contributed by atoms with Crippen LogP contribution in [0.5, 0.6) is 0 Å². The zero-order valence-corrected chi connectivity index (χ0v) is 7.99. The van der Waals surface area contributed by atoms with Gasteiger partial charge in [0.05, 0.1) is 4.90 Å². The zero-order chi connectivity index (χ0) is 10.3. The van der Waals surface area contributed by atoms with E-state index in [0.29, 0.717) is 0 Å². The lowest BCUT2D eigenvalue weighted by atomic mass is 10.4. The number of rotatable bonds is 1. The Labute approximate surface area is 80.2 Å². The van der Waals surface area contributed by atoms with Gasteiger partial charge >= 0.3 is 0 Å². The van der Waals surface area contributed by atoms with Crippen molar-refractivity contribution in [3.63, 3.8) is 0 Å². The predicted octanol–water partition coefficient (Wildman–Crippen LogP) is 1.31. The van der Waals surface area contributed by atoms with Crippen molar-refractivity contribution in [1.82, 2.24) is 0 Å². The van der Waals surface area contributed by atoms with E-state index in [1.807, 2.05) is 0 Å². The molecule has 0 saturated heterocycles. The summed E-state index contributed by atoms with van der Waals surface area (Å²) < 4.78 is 21.2. The summed E-state index contributed by atoms with van der Waals surface area (Å²) in [4.78, 5) is 8.50. The summed E-state index contributed by atoms with van der Waals surface area (Å²) in [6, 6.07) is 7.86. The maximum Gasteiger partial charge on any atom is 0.290 e. The molecule has 1 rings (SSSR count). The molecule has 0 atom stereocenters. The fourth-order valence-electron chi connectivity index (χ4n) is 0.583. The molecule has 0 spiro atoms. The summed E-state index contributed by atoms with van der Waals surface area (Å²) in [5.74, 6) is 0. The Morgan fingerprint density at radius 2 is 1.62 bits per heavy atom. The lowest BCUT2D eigenvalue weighted by Crippen LogP contribution is -1.87. The molecule has 72 valence electrons. The quantitative estimate of drug-likeness (QED) is 0.575. The molecular weight excluding hydrogens is 216 g/mol. The topological polar surface area (TPSA) is 71.4 Å². The van der Waals surface area contributed by atoms with Gasteiger partial charge in [0.2, 0.25) is 0 Å². The molecule has 1 aromatic rings. The summed E-state index contributed by atoms with van der Waals surface area (Å²) in [5.41, 5.74) is 0. The van der Waals surface area contributed by atoms with Gasteiger partial charge in [0.25, 0.3) is 15.5 Å². The number of carboxylic acid groups (broad SMARTS) is 1. The van der Waals surface area contributed by atoms with Gasteiger partial charge in [0, 0.05) is 10.7 Å². The maximum absolute atomic E-state index is 10.6. The van der Waals surface area contributed by atoms with Gasteiger partial charge in [0.15, 0.2) is 0 Å². The number of halogens is 1. The first-order valence-corrected chi connectivity index (χ1v) is 5.41. The minimum Gasteiger partial charge on any atom is -0.483 e. The molecule has 4 nitrogen and oxygen atoms in total. The smallest absolute Gasteiger partial charge is 0.290 e. The van der Waals surface area contributed by atoms with Crippen molar-refractivity contribution in [2.75, 3.05) is 0 Å². The number of benzene rings is 1. The second kappa shape index (κ2) is 5.55. The average molecular weight is 223 g/mol. The second-order valence-corrected chi connectivity index (χ2v) is 4.42. The first kappa shape index (κ1) is 11.9. The largest absolute Gasteiger partial charge is 0.483 e. The standard InChI is InChI=1S/C6H5ClO2S.CH2O2/c7-10(8,9)6-4-2-1-3-5-6;2-1-3/h1-5H;1H,(H,2,3). The third-order valence-electron chi connectivity index (χ3n) is 1.02. The number of hydrogen-bond acceptors (Lipinski definition) is 3. The van der Waals surface area contributed by atoms with Gasteiger partial charge in [-0.05, 0) is 12.1 Å². The van der Waals surface area contributed by atoms with E-state index in [-0.39, 0.29) is 11.4 Å². The van der Waals surface area contributed by atoms with Crippen molar-refractivity contribution >= 4 is 26.2 Å². The predicted molar refractivity (Wildman–Crippen MR) is 48.2 cm³/mol. The van der Waals surface area contributed by atoms with E-state index in [1.54, 1.807) is 18.2 Å². The lowest BCUT2D eigenvalue weighted by molar-refractivity contribution is -0.122. The van der Waals surface area contributed by atoms with E-state index in [1.165, 1.54) is 12.1 Å². The summed E-state index contributed by atoms with van der Waals surface area (Å²) >= 11 is 0. The summed E-state index contributed by atoms with van der Waals surface area (Å²) in [6.45, 7) is -0.250. The van der Waals surface area contributed by atoms with E-state index in [9.17, 15) is 8.42 Å². The van der Waals surface area contributed by atoms with Gasteiger partial charge in [0.1, 0.15) is 0 Å². The van der Waals surface area contributed by atoms with Crippen molar-refractivity contribution in [1.29, 1.82) is 0 Å². The minimum absolute atomic E-state index is 0.136. The minimum atomic E-state index is -3.53. The number of hydrogen-bond donors (Lipinski definition) is 1. The average Bonchev–Trinajstić information content (AvgIpc) is 2.06. The van der Waals surface area contributed by atoms with E-state index in [0.717, 1.165) is 0 Å². The first-order valence-electron chi connectivity index (χ1n) is 3.10. The van der Waals surface area contributed by atoms with Crippen molar-refractivity contribution in [2.45, 2.75) is 4.90 Å². The molecule has 13 heavy (non-hydrogen) atoms. The molecule has 0 aliphatic carbocycles. The molecule has 0 aromatic heterocycles. The third-order valence-corrected chi connectivity index (χ3v) is 2.39. The van der Waals surface area contributed by atoms with Crippen LogP contribution in [0.2, 0.25) is 0 Å². The third kappa shape index (κ3) is 5.21. The molecule has 0 bridgehead atoms. The van der Waals surface area contributed by atoms with Crippen LogP contribution in [0.25, 0.3) is 0 Å². The highest BCUT2D eigenvalue weighted by Gasteiger charge is 2.06. The fraction of sp³-hybridized carbons (Fsp3) is 0. The van der Waals surface area contributed by atoms with Gasteiger partial charge < -0.3 is 5.11 Å². The van der Waals surface area contributed by atoms with Crippen LogP contribution in [-0.2, 0) is 13.8 Å². The van der Waals surface area contributed by atoms with Gasteiger partial charge in [-0.15, -0.1) is 0 Å². The molecule has 1 N–H and O–H groups in total. The van der Waals surface area contributed by atoms with Gasteiger partial charge in [-0.25, -0.2) is 8.42 Å². The Balaban J connectivity index is 0.000000424. The van der Waals surface area contributed by atoms with Crippen LogP contribution in [0.3, 0.4) is 0 Å². The van der Waals surface area contributed by atoms with Crippen LogP contribution in [0.15, 0.2) is 35.2 Å². The van der Waals surface area contributed by atoms with Crippen LogP contribution in [0.1, 0.15) is 0 Å². The highest BCUT2D eigenvalue weighted by Crippen LogP contribution is 2.12. The van der Waals surface area contributed by atoms with Crippen molar-refractivity contribution < 1.29 is 18.3 Å².